The lowest BCUT2D eigenvalue weighted by molar-refractivity contribution is -0.123. The molecule has 0 radical (unpaired) electrons. The second-order valence-corrected chi connectivity index (χ2v) is 8.05. The van der Waals surface area contributed by atoms with Crippen LogP contribution >= 0.6 is 0 Å². The monoisotopic (exact) mass is 381 g/mol. The molecule has 0 aromatic heterocycles. The molecule has 0 saturated heterocycles. The summed E-state index contributed by atoms with van der Waals surface area (Å²) in [6.45, 7) is 0.534. The van der Waals surface area contributed by atoms with E-state index in [0.717, 1.165) is 28.8 Å². The molecule has 5 rings (SSSR count). The first-order valence-corrected chi connectivity index (χ1v) is 10.2. The predicted octanol–water partition coefficient (Wildman–Crippen LogP) is 4.89. The van der Waals surface area contributed by atoms with Gasteiger partial charge in [-0.1, -0.05) is 78.9 Å². The summed E-state index contributed by atoms with van der Waals surface area (Å²) in [6.07, 6.45) is 1.79. The van der Waals surface area contributed by atoms with E-state index in [9.17, 15) is 9.59 Å². The van der Waals surface area contributed by atoms with Gasteiger partial charge in [0, 0.05) is 18.5 Å². The normalized spacial score (nSPS) is 23.4. The minimum absolute atomic E-state index is 0.00757. The number of fused-ring (bicyclic) bond motifs is 1. The third-order valence-electron chi connectivity index (χ3n) is 6.47. The number of benzene rings is 3. The van der Waals surface area contributed by atoms with Crippen LogP contribution in [-0.4, -0.2) is 11.7 Å². The molecule has 1 heterocycles. The van der Waals surface area contributed by atoms with Crippen LogP contribution in [0.15, 0.2) is 84.9 Å². The van der Waals surface area contributed by atoms with E-state index in [1.807, 2.05) is 71.6 Å². The van der Waals surface area contributed by atoms with Gasteiger partial charge in [0.05, 0.1) is 6.54 Å². The molecule has 0 N–H and O–H groups in total. The van der Waals surface area contributed by atoms with Gasteiger partial charge in [0.15, 0.2) is 0 Å². The molecule has 1 aliphatic heterocycles. The smallest absolute Gasteiger partial charge is 0.242 e. The lowest BCUT2D eigenvalue weighted by atomic mass is 9.65. The largest absolute Gasteiger partial charge is 0.307 e. The minimum atomic E-state index is -0.793. The van der Waals surface area contributed by atoms with E-state index in [2.05, 4.69) is 18.2 Å². The number of hydrogen-bond donors (Lipinski definition) is 0. The highest BCUT2D eigenvalue weighted by molar-refractivity contribution is 6.11. The Morgan fingerprint density at radius 2 is 1.48 bits per heavy atom. The summed E-state index contributed by atoms with van der Waals surface area (Å²) in [5, 5.41) is 0. The zero-order chi connectivity index (χ0) is 19.8. The molecular formula is C26H23NO2. The van der Waals surface area contributed by atoms with Crippen molar-refractivity contribution in [2.45, 2.75) is 31.2 Å². The Kier molecular flexibility index (Phi) is 4.31. The fraction of sp³-hybridized carbons (Fsp3) is 0.231. The van der Waals surface area contributed by atoms with Crippen molar-refractivity contribution in [3.63, 3.8) is 0 Å². The Labute approximate surface area is 171 Å². The van der Waals surface area contributed by atoms with E-state index in [0.29, 0.717) is 19.4 Å². The molecule has 1 fully saturated rings. The number of nitrogens with zero attached hydrogens (tertiary/aromatic N) is 1. The number of para-hydroxylation sites is 1. The Balaban J connectivity index is 1.70. The van der Waals surface area contributed by atoms with E-state index in [4.69, 9.17) is 0 Å². The maximum atomic E-state index is 14.2. The van der Waals surface area contributed by atoms with Crippen molar-refractivity contribution in [2.24, 2.45) is 5.92 Å². The van der Waals surface area contributed by atoms with Crippen LogP contribution < -0.4 is 4.90 Å². The lowest BCUT2D eigenvalue weighted by Gasteiger charge is -2.35. The van der Waals surface area contributed by atoms with Crippen LogP contribution in [0.2, 0.25) is 0 Å². The summed E-state index contributed by atoms with van der Waals surface area (Å²) >= 11 is 0. The highest BCUT2D eigenvalue weighted by Crippen LogP contribution is 2.54. The van der Waals surface area contributed by atoms with Crippen molar-refractivity contribution in [3.05, 3.63) is 102 Å². The van der Waals surface area contributed by atoms with Crippen molar-refractivity contribution in [1.29, 1.82) is 0 Å². The van der Waals surface area contributed by atoms with Crippen molar-refractivity contribution in [1.82, 2.24) is 0 Å². The Morgan fingerprint density at radius 3 is 2.17 bits per heavy atom. The quantitative estimate of drug-likeness (QED) is 0.645. The van der Waals surface area contributed by atoms with Gasteiger partial charge >= 0.3 is 0 Å². The molecular weight excluding hydrogens is 358 g/mol. The molecule has 3 aromatic rings. The standard InChI is InChI=1S/C26H23NO2/c28-22-16-15-21(17-22)26(20-11-5-2-6-12-20)23-13-7-8-14-24(23)27(25(26)29)18-19-9-3-1-4-10-19/h1-14,21H,15-18H2/t21-,26-/m0/s1. The predicted molar refractivity (Wildman–Crippen MR) is 114 cm³/mol. The van der Waals surface area contributed by atoms with Crippen LogP contribution in [0.3, 0.4) is 0 Å². The Morgan fingerprint density at radius 1 is 0.828 bits per heavy atom. The van der Waals surface area contributed by atoms with Crippen molar-refractivity contribution in [3.8, 4) is 0 Å². The number of Topliss-reactive ketones (excluding diaryl/α,β-unsaturated/α-hetero) is 1. The third kappa shape index (κ3) is 2.72. The van der Waals surface area contributed by atoms with Gasteiger partial charge in [-0.15, -0.1) is 0 Å². The molecule has 3 heteroatoms. The fourth-order valence-corrected chi connectivity index (χ4v) is 5.20. The highest BCUT2D eigenvalue weighted by Gasteiger charge is 2.57. The van der Waals surface area contributed by atoms with Crippen LogP contribution in [0.4, 0.5) is 5.69 Å². The SMILES string of the molecule is O=C1CC[C@H]([C@]2(c3ccccc3)C(=O)N(Cc3ccccc3)c3ccccc32)C1. The van der Waals surface area contributed by atoms with Gasteiger partial charge in [0.1, 0.15) is 11.2 Å². The first-order chi connectivity index (χ1) is 14.2. The Bertz CT molecular complexity index is 1060. The van der Waals surface area contributed by atoms with Crippen LogP contribution in [0.25, 0.3) is 0 Å². The topological polar surface area (TPSA) is 37.4 Å². The second-order valence-electron chi connectivity index (χ2n) is 8.05. The van der Waals surface area contributed by atoms with Crippen molar-refractivity contribution >= 4 is 17.4 Å². The number of ketones is 1. The number of amides is 1. The van der Waals surface area contributed by atoms with Crippen molar-refractivity contribution in [2.75, 3.05) is 4.90 Å². The van der Waals surface area contributed by atoms with Gasteiger partial charge in [-0.25, -0.2) is 0 Å². The number of carbonyl (C=O) groups excluding carboxylic acids is 2. The average molecular weight is 381 g/mol. The molecule has 3 aromatic carbocycles. The molecule has 1 amide bonds. The molecule has 0 unspecified atom stereocenters. The maximum Gasteiger partial charge on any atom is 0.242 e. The molecule has 0 spiro atoms. The first-order valence-electron chi connectivity index (χ1n) is 10.2. The summed E-state index contributed by atoms with van der Waals surface area (Å²) in [5.41, 5.74) is 3.30. The van der Waals surface area contributed by atoms with E-state index < -0.39 is 5.41 Å². The molecule has 29 heavy (non-hydrogen) atoms. The fourth-order valence-electron chi connectivity index (χ4n) is 5.20. The van der Waals surface area contributed by atoms with Crippen molar-refractivity contribution < 1.29 is 9.59 Å². The molecule has 1 aliphatic carbocycles. The van der Waals surface area contributed by atoms with Crippen LogP contribution in [0, 0.1) is 5.92 Å². The van der Waals surface area contributed by atoms with Gasteiger partial charge in [-0.2, -0.15) is 0 Å². The number of anilines is 1. The van der Waals surface area contributed by atoms with E-state index >= 15 is 0 Å². The zero-order valence-corrected chi connectivity index (χ0v) is 16.3. The van der Waals surface area contributed by atoms with Gasteiger partial charge in [-0.05, 0) is 35.1 Å². The van der Waals surface area contributed by atoms with Crippen LogP contribution in [0.5, 0.6) is 0 Å². The maximum absolute atomic E-state index is 14.2. The molecule has 0 bridgehead atoms. The molecule has 2 aliphatic rings. The van der Waals surface area contributed by atoms with Gasteiger partial charge in [-0.3, -0.25) is 9.59 Å². The summed E-state index contributed by atoms with van der Waals surface area (Å²) < 4.78 is 0. The van der Waals surface area contributed by atoms with Gasteiger partial charge in [0.25, 0.3) is 0 Å². The zero-order valence-electron chi connectivity index (χ0n) is 16.3. The third-order valence-corrected chi connectivity index (χ3v) is 6.47. The van der Waals surface area contributed by atoms with E-state index in [1.54, 1.807) is 0 Å². The average Bonchev–Trinajstić information content (AvgIpc) is 3.30. The highest BCUT2D eigenvalue weighted by atomic mass is 16.2. The number of rotatable bonds is 4. The second kappa shape index (κ2) is 7.00. The minimum Gasteiger partial charge on any atom is -0.307 e. The number of carbonyl (C=O) groups is 2. The van der Waals surface area contributed by atoms with E-state index in [1.165, 1.54) is 0 Å². The van der Waals surface area contributed by atoms with Gasteiger partial charge < -0.3 is 4.90 Å². The summed E-state index contributed by atoms with van der Waals surface area (Å²) in [7, 11) is 0. The summed E-state index contributed by atoms with van der Waals surface area (Å²) in [6, 6.07) is 28.3. The van der Waals surface area contributed by atoms with Gasteiger partial charge in [0.2, 0.25) is 5.91 Å². The molecule has 1 saturated carbocycles. The summed E-state index contributed by atoms with van der Waals surface area (Å²) in [4.78, 5) is 28.4. The van der Waals surface area contributed by atoms with E-state index in [-0.39, 0.29) is 17.6 Å². The Hall–Kier alpha value is -3.20. The van der Waals surface area contributed by atoms with Crippen LogP contribution in [0.1, 0.15) is 36.0 Å². The first kappa shape index (κ1) is 17.9. The molecule has 3 nitrogen and oxygen atoms in total. The lowest BCUT2D eigenvalue weighted by Crippen LogP contribution is -2.45. The molecule has 2 atom stereocenters. The van der Waals surface area contributed by atoms with Crippen LogP contribution in [-0.2, 0) is 21.5 Å². The molecule has 144 valence electrons. The summed E-state index contributed by atoms with van der Waals surface area (Å²) in [5.74, 6) is 0.345. The number of hydrogen-bond acceptors (Lipinski definition) is 2.